The van der Waals surface area contributed by atoms with Crippen LogP contribution in [0.5, 0.6) is 0 Å². The number of aliphatic hydroxyl groups excluding tert-OH is 1. The van der Waals surface area contributed by atoms with Gasteiger partial charge < -0.3 is 15.2 Å². The summed E-state index contributed by atoms with van der Waals surface area (Å²) in [5.74, 6) is -0.0207. The first-order chi connectivity index (χ1) is 9.60. The quantitative estimate of drug-likeness (QED) is 0.836. The molecule has 1 saturated carbocycles. The van der Waals surface area contributed by atoms with Crippen molar-refractivity contribution in [2.45, 2.75) is 57.3 Å². The molecule has 1 fully saturated rings. The van der Waals surface area contributed by atoms with E-state index in [9.17, 15) is 9.90 Å². The van der Waals surface area contributed by atoms with Gasteiger partial charge in [-0.05, 0) is 31.9 Å². The summed E-state index contributed by atoms with van der Waals surface area (Å²) in [5, 5.41) is 13.3. The van der Waals surface area contributed by atoms with E-state index in [4.69, 9.17) is 4.74 Å². The largest absolute Gasteiger partial charge is 0.388 e. The maximum Gasteiger partial charge on any atom is 0.225 e. The van der Waals surface area contributed by atoms with E-state index in [1.165, 1.54) is 4.88 Å². The van der Waals surface area contributed by atoms with E-state index in [0.717, 1.165) is 30.6 Å². The lowest BCUT2D eigenvalue weighted by Gasteiger charge is -2.27. The lowest BCUT2D eigenvalue weighted by Crippen LogP contribution is -2.48. The van der Waals surface area contributed by atoms with Crippen molar-refractivity contribution in [2.75, 3.05) is 7.11 Å². The van der Waals surface area contributed by atoms with Crippen LogP contribution in [0.2, 0.25) is 0 Å². The minimum absolute atomic E-state index is 0.0207. The molecule has 0 spiro atoms. The van der Waals surface area contributed by atoms with Crippen molar-refractivity contribution < 1.29 is 14.6 Å². The molecule has 0 unspecified atom stereocenters. The molecule has 1 amide bonds. The predicted octanol–water partition coefficient (Wildman–Crippen LogP) is 2.03. The molecule has 3 atom stereocenters. The van der Waals surface area contributed by atoms with Gasteiger partial charge in [0, 0.05) is 16.9 Å². The molecule has 1 heterocycles. The van der Waals surface area contributed by atoms with Crippen LogP contribution in [0.25, 0.3) is 0 Å². The number of rotatable bonds is 4. The third-order valence-corrected chi connectivity index (χ3v) is 4.83. The van der Waals surface area contributed by atoms with Crippen molar-refractivity contribution in [3.63, 3.8) is 0 Å². The summed E-state index contributed by atoms with van der Waals surface area (Å²) in [5.41, 5.74) is 0. The first-order valence-electron chi connectivity index (χ1n) is 7.15. The second-order valence-electron chi connectivity index (χ2n) is 5.41. The summed E-state index contributed by atoms with van der Waals surface area (Å²) < 4.78 is 5.32. The molecule has 0 saturated heterocycles. The molecule has 0 aliphatic heterocycles. The van der Waals surface area contributed by atoms with Gasteiger partial charge in [-0.2, -0.15) is 0 Å². The molecular weight excluding hydrogens is 274 g/mol. The molecular formula is C15H23NO3S. The molecule has 5 heteroatoms. The van der Waals surface area contributed by atoms with E-state index in [2.05, 4.69) is 5.32 Å². The molecule has 1 aliphatic carbocycles. The Kier molecular flexibility index (Phi) is 5.57. The van der Waals surface area contributed by atoms with Gasteiger partial charge >= 0.3 is 0 Å². The number of thiophene rings is 1. The Bertz CT molecular complexity index is 446. The highest BCUT2D eigenvalue weighted by atomic mass is 32.1. The first kappa shape index (κ1) is 15.5. The van der Waals surface area contributed by atoms with Gasteiger partial charge in [0.05, 0.1) is 18.6 Å². The fourth-order valence-electron chi connectivity index (χ4n) is 2.72. The Morgan fingerprint density at radius 3 is 2.85 bits per heavy atom. The molecule has 112 valence electrons. The highest BCUT2D eigenvalue weighted by Gasteiger charge is 2.31. The number of hydrogen-bond donors (Lipinski definition) is 2. The maximum atomic E-state index is 12.1. The number of methoxy groups -OCH3 is 1. The van der Waals surface area contributed by atoms with Gasteiger partial charge in [-0.3, -0.25) is 4.79 Å². The lowest BCUT2D eigenvalue weighted by atomic mass is 10.0. The third kappa shape index (κ3) is 4.04. The lowest BCUT2D eigenvalue weighted by molar-refractivity contribution is -0.123. The first-order valence-corrected chi connectivity index (χ1v) is 7.97. The normalized spacial score (nSPS) is 27.1. The second-order valence-corrected chi connectivity index (χ2v) is 6.78. The predicted molar refractivity (Wildman–Crippen MR) is 80.0 cm³/mol. The monoisotopic (exact) mass is 297 g/mol. The standard InChI is InChI=1S/C15H23NO3S/c1-10-7-8-11(20-10)9-14(17)16-12-5-3-4-6-13(19-2)15(12)18/h7-8,12-13,15,18H,3-6,9H2,1-2H3,(H,16,17)/t12-,13-,15-/m1/s1. The highest BCUT2D eigenvalue weighted by Crippen LogP contribution is 2.21. The summed E-state index contributed by atoms with van der Waals surface area (Å²) in [7, 11) is 1.62. The zero-order valence-electron chi connectivity index (χ0n) is 12.1. The van der Waals surface area contributed by atoms with Crippen molar-refractivity contribution in [2.24, 2.45) is 0 Å². The van der Waals surface area contributed by atoms with Gasteiger partial charge in [0.15, 0.2) is 0 Å². The van der Waals surface area contributed by atoms with Crippen molar-refractivity contribution in [1.29, 1.82) is 0 Å². The summed E-state index contributed by atoms with van der Waals surface area (Å²) in [6, 6.07) is 3.81. The van der Waals surface area contributed by atoms with Crippen LogP contribution in [-0.4, -0.2) is 36.4 Å². The molecule has 4 nitrogen and oxygen atoms in total. The molecule has 1 aliphatic rings. The van der Waals surface area contributed by atoms with E-state index in [1.807, 2.05) is 19.1 Å². The fourth-order valence-corrected chi connectivity index (χ4v) is 3.61. The molecule has 0 bridgehead atoms. The van der Waals surface area contributed by atoms with Gasteiger partial charge in [-0.15, -0.1) is 11.3 Å². The number of aliphatic hydroxyl groups is 1. The summed E-state index contributed by atoms with van der Waals surface area (Å²) in [6.07, 6.45) is 3.32. The van der Waals surface area contributed by atoms with E-state index in [-0.39, 0.29) is 18.1 Å². The molecule has 20 heavy (non-hydrogen) atoms. The Hall–Kier alpha value is -0.910. The van der Waals surface area contributed by atoms with Crippen LogP contribution in [0.1, 0.15) is 35.4 Å². The molecule has 1 aromatic heterocycles. The Morgan fingerprint density at radius 1 is 1.45 bits per heavy atom. The van der Waals surface area contributed by atoms with E-state index >= 15 is 0 Å². The van der Waals surface area contributed by atoms with E-state index < -0.39 is 6.10 Å². The zero-order chi connectivity index (χ0) is 14.5. The van der Waals surface area contributed by atoms with E-state index in [1.54, 1.807) is 18.4 Å². The average Bonchev–Trinajstić information content (AvgIpc) is 2.73. The number of hydrogen-bond acceptors (Lipinski definition) is 4. The van der Waals surface area contributed by atoms with E-state index in [0.29, 0.717) is 6.42 Å². The van der Waals surface area contributed by atoms with Crippen LogP contribution >= 0.6 is 11.3 Å². The number of nitrogens with one attached hydrogen (secondary N) is 1. The fraction of sp³-hybridized carbons (Fsp3) is 0.667. The maximum absolute atomic E-state index is 12.1. The molecule has 0 radical (unpaired) electrons. The Balaban J connectivity index is 1.91. The smallest absolute Gasteiger partial charge is 0.225 e. The second kappa shape index (κ2) is 7.20. The van der Waals surface area contributed by atoms with Crippen LogP contribution in [0.15, 0.2) is 12.1 Å². The van der Waals surface area contributed by atoms with Gasteiger partial charge in [-0.25, -0.2) is 0 Å². The van der Waals surface area contributed by atoms with Crippen LogP contribution < -0.4 is 5.32 Å². The topological polar surface area (TPSA) is 58.6 Å². The van der Waals surface area contributed by atoms with Crippen molar-refractivity contribution in [3.8, 4) is 0 Å². The average molecular weight is 297 g/mol. The van der Waals surface area contributed by atoms with Crippen LogP contribution in [-0.2, 0) is 16.0 Å². The number of ether oxygens (including phenoxy) is 1. The third-order valence-electron chi connectivity index (χ3n) is 3.83. The van der Waals surface area contributed by atoms with Gasteiger partial charge in [-0.1, -0.05) is 12.8 Å². The van der Waals surface area contributed by atoms with Crippen molar-refractivity contribution >= 4 is 17.2 Å². The number of amides is 1. The molecule has 2 N–H and O–H groups in total. The minimum Gasteiger partial charge on any atom is -0.388 e. The number of carbonyl (C=O) groups is 1. The van der Waals surface area contributed by atoms with Crippen molar-refractivity contribution in [3.05, 3.63) is 21.9 Å². The van der Waals surface area contributed by atoms with Crippen LogP contribution in [0.3, 0.4) is 0 Å². The van der Waals surface area contributed by atoms with Gasteiger partial charge in [0.1, 0.15) is 6.10 Å². The molecule has 0 aromatic carbocycles. The van der Waals surface area contributed by atoms with Gasteiger partial charge in [0.25, 0.3) is 0 Å². The Morgan fingerprint density at radius 2 is 2.20 bits per heavy atom. The SMILES string of the molecule is CO[C@@H]1CCCC[C@@H](NC(=O)Cc2ccc(C)s2)[C@H]1O. The summed E-state index contributed by atoms with van der Waals surface area (Å²) in [6.45, 7) is 2.03. The van der Waals surface area contributed by atoms with Crippen molar-refractivity contribution in [1.82, 2.24) is 5.32 Å². The minimum atomic E-state index is -0.614. The zero-order valence-corrected chi connectivity index (χ0v) is 12.9. The molecule has 1 aromatic rings. The number of aryl methyl sites for hydroxylation is 1. The van der Waals surface area contributed by atoms with Crippen LogP contribution in [0.4, 0.5) is 0 Å². The summed E-state index contributed by atoms with van der Waals surface area (Å²) >= 11 is 1.64. The Labute approximate surface area is 124 Å². The highest BCUT2D eigenvalue weighted by molar-refractivity contribution is 7.12. The number of carbonyl (C=O) groups excluding carboxylic acids is 1. The molecule has 2 rings (SSSR count). The van der Waals surface area contributed by atoms with Crippen LogP contribution in [0, 0.1) is 6.92 Å². The van der Waals surface area contributed by atoms with Gasteiger partial charge in [0.2, 0.25) is 5.91 Å². The summed E-state index contributed by atoms with van der Waals surface area (Å²) in [4.78, 5) is 14.4.